The van der Waals surface area contributed by atoms with E-state index in [4.69, 9.17) is 5.11 Å². The van der Waals surface area contributed by atoms with Gasteiger partial charge in [-0.2, -0.15) is 0 Å². The summed E-state index contributed by atoms with van der Waals surface area (Å²) in [5, 5.41) is 11.3. The second kappa shape index (κ2) is 7.25. The third-order valence-corrected chi connectivity index (χ3v) is 4.50. The van der Waals surface area contributed by atoms with Gasteiger partial charge in [0.1, 0.15) is 6.61 Å². The van der Waals surface area contributed by atoms with Gasteiger partial charge >= 0.3 is 0 Å². The van der Waals surface area contributed by atoms with Crippen LogP contribution < -0.4 is 5.32 Å². The summed E-state index contributed by atoms with van der Waals surface area (Å²) in [6.45, 7) is 1.02. The molecule has 2 amide bonds. The molecule has 0 spiro atoms. The maximum absolute atomic E-state index is 12.4. The Kier molecular flexibility index (Phi) is 5.37. The molecule has 6 heteroatoms. The molecule has 112 valence electrons. The Bertz CT molecular complexity index is 577. The maximum Gasteiger partial charge on any atom is 0.263 e. The quantitative estimate of drug-likeness (QED) is 0.790. The van der Waals surface area contributed by atoms with Gasteiger partial charge in [-0.15, -0.1) is 11.3 Å². The SMILES string of the molecule is CNC(=O)C1CCN(C(=O)c2ccc(C#CCO)s2)CC1. The minimum Gasteiger partial charge on any atom is -0.384 e. The van der Waals surface area contributed by atoms with Gasteiger partial charge in [0.2, 0.25) is 5.91 Å². The molecule has 1 aliphatic heterocycles. The molecule has 1 fully saturated rings. The minimum absolute atomic E-state index is 0.00703. The fraction of sp³-hybridized carbons (Fsp3) is 0.467. The number of nitrogens with one attached hydrogen (secondary N) is 1. The molecule has 1 aromatic rings. The van der Waals surface area contributed by atoms with Crippen LogP contribution in [0.15, 0.2) is 12.1 Å². The lowest BCUT2D eigenvalue weighted by atomic mass is 9.96. The molecule has 1 aliphatic rings. The van der Waals surface area contributed by atoms with Crippen molar-refractivity contribution >= 4 is 23.2 Å². The summed E-state index contributed by atoms with van der Waals surface area (Å²) in [6, 6.07) is 3.55. The Morgan fingerprint density at radius 3 is 2.76 bits per heavy atom. The summed E-state index contributed by atoms with van der Waals surface area (Å²) >= 11 is 1.33. The van der Waals surface area contributed by atoms with Crippen LogP contribution in [0.3, 0.4) is 0 Å². The highest BCUT2D eigenvalue weighted by Gasteiger charge is 2.27. The zero-order valence-electron chi connectivity index (χ0n) is 11.9. The van der Waals surface area contributed by atoms with Crippen LogP contribution in [0.25, 0.3) is 0 Å². The monoisotopic (exact) mass is 306 g/mol. The number of thiophene rings is 1. The topological polar surface area (TPSA) is 69.6 Å². The van der Waals surface area contributed by atoms with Crippen molar-refractivity contribution in [2.75, 3.05) is 26.7 Å². The van der Waals surface area contributed by atoms with E-state index in [1.807, 2.05) is 0 Å². The van der Waals surface area contributed by atoms with E-state index in [1.165, 1.54) is 11.3 Å². The molecule has 0 atom stereocenters. The van der Waals surface area contributed by atoms with Crippen molar-refractivity contribution in [3.63, 3.8) is 0 Å². The standard InChI is InChI=1S/C15H18N2O3S/c1-16-14(19)11-6-8-17(9-7-11)15(20)13-5-4-12(21-13)3-2-10-18/h4-5,11,18H,6-10H2,1H3,(H,16,19). The Hall–Kier alpha value is -1.84. The molecule has 2 rings (SSSR count). The van der Waals surface area contributed by atoms with E-state index >= 15 is 0 Å². The number of aliphatic hydroxyl groups excluding tert-OH is 1. The van der Waals surface area contributed by atoms with Crippen LogP contribution in [0, 0.1) is 17.8 Å². The number of nitrogens with zero attached hydrogens (tertiary/aromatic N) is 1. The first-order chi connectivity index (χ1) is 10.2. The number of hydrogen-bond donors (Lipinski definition) is 2. The average Bonchev–Trinajstić information content (AvgIpc) is 3.00. The van der Waals surface area contributed by atoms with E-state index in [1.54, 1.807) is 24.1 Å². The summed E-state index contributed by atoms with van der Waals surface area (Å²) in [5.41, 5.74) is 0. The van der Waals surface area contributed by atoms with Gasteiger partial charge in [-0.25, -0.2) is 0 Å². The lowest BCUT2D eigenvalue weighted by molar-refractivity contribution is -0.125. The smallest absolute Gasteiger partial charge is 0.263 e. The van der Waals surface area contributed by atoms with Crippen molar-refractivity contribution in [2.45, 2.75) is 12.8 Å². The van der Waals surface area contributed by atoms with Gasteiger partial charge in [0.15, 0.2) is 0 Å². The van der Waals surface area contributed by atoms with E-state index in [2.05, 4.69) is 17.2 Å². The predicted molar refractivity (Wildman–Crippen MR) is 81.0 cm³/mol. The number of carbonyl (C=O) groups is 2. The van der Waals surface area contributed by atoms with Crippen molar-refractivity contribution in [1.82, 2.24) is 10.2 Å². The third-order valence-electron chi connectivity index (χ3n) is 3.51. The van der Waals surface area contributed by atoms with E-state index in [9.17, 15) is 9.59 Å². The molecule has 1 saturated heterocycles. The number of piperidine rings is 1. The molecule has 0 saturated carbocycles. The molecule has 0 radical (unpaired) electrons. The highest BCUT2D eigenvalue weighted by molar-refractivity contribution is 7.14. The summed E-state index contributed by atoms with van der Waals surface area (Å²) in [4.78, 5) is 27.1. The van der Waals surface area contributed by atoms with Crippen molar-refractivity contribution in [1.29, 1.82) is 0 Å². The molecule has 0 aromatic carbocycles. The Morgan fingerprint density at radius 1 is 1.43 bits per heavy atom. The van der Waals surface area contributed by atoms with Crippen LogP contribution in [0.5, 0.6) is 0 Å². The summed E-state index contributed by atoms with van der Waals surface area (Å²) in [5.74, 6) is 5.42. The second-order valence-electron chi connectivity index (χ2n) is 4.80. The fourth-order valence-electron chi connectivity index (χ4n) is 2.35. The van der Waals surface area contributed by atoms with Crippen molar-refractivity contribution in [3.05, 3.63) is 21.9 Å². The van der Waals surface area contributed by atoms with Crippen molar-refractivity contribution in [2.24, 2.45) is 5.92 Å². The van der Waals surface area contributed by atoms with Crippen LogP contribution in [-0.4, -0.2) is 48.6 Å². The molecule has 2 heterocycles. The molecule has 21 heavy (non-hydrogen) atoms. The Balaban J connectivity index is 1.95. The van der Waals surface area contributed by atoms with Gasteiger partial charge in [-0.1, -0.05) is 11.8 Å². The normalized spacial score (nSPS) is 15.2. The molecule has 1 aromatic heterocycles. The highest BCUT2D eigenvalue weighted by Crippen LogP contribution is 2.22. The molecule has 5 nitrogen and oxygen atoms in total. The molecular weight excluding hydrogens is 288 g/mol. The summed E-state index contributed by atoms with van der Waals surface area (Å²) < 4.78 is 0. The summed E-state index contributed by atoms with van der Waals surface area (Å²) in [6.07, 6.45) is 1.40. The van der Waals surface area contributed by atoms with Crippen LogP contribution in [-0.2, 0) is 4.79 Å². The predicted octanol–water partition coefficient (Wildman–Crippen LogP) is 0.690. The van der Waals surface area contributed by atoms with Crippen LogP contribution >= 0.6 is 11.3 Å². The summed E-state index contributed by atoms with van der Waals surface area (Å²) in [7, 11) is 1.64. The number of carbonyl (C=O) groups excluding carboxylic acids is 2. The van der Waals surface area contributed by atoms with E-state index in [0.717, 1.165) is 4.88 Å². The first-order valence-electron chi connectivity index (χ1n) is 6.86. The lowest BCUT2D eigenvalue weighted by Crippen LogP contribution is -2.42. The van der Waals surface area contributed by atoms with Gasteiger partial charge in [-0.3, -0.25) is 9.59 Å². The molecule has 2 N–H and O–H groups in total. The maximum atomic E-state index is 12.4. The number of rotatable bonds is 2. The zero-order valence-corrected chi connectivity index (χ0v) is 12.7. The number of amides is 2. The number of likely N-dealkylation sites (tertiary alicyclic amines) is 1. The fourth-order valence-corrected chi connectivity index (χ4v) is 3.20. The first-order valence-corrected chi connectivity index (χ1v) is 7.67. The molecule has 0 bridgehead atoms. The van der Waals surface area contributed by atoms with E-state index in [0.29, 0.717) is 30.8 Å². The molecule has 0 aliphatic carbocycles. The van der Waals surface area contributed by atoms with Crippen molar-refractivity contribution in [3.8, 4) is 11.8 Å². The van der Waals surface area contributed by atoms with Gasteiger partial charge in [-0.05, 0) is 25.0 Å². The van der Waals surface area contributed by atoms with Crippen molar-refractivity contribution < 1.29 is 14.7 Å². The lowest BCUT2D eigenvalue weighted by Gasteiger charge is -2.30. The number of hydrogen-bond acceptors (Lipinski definition) is 4. The van der Waals surface area contributed by atoms with Gasteiger partial charge < -0.3 is 15.3 Å². The van der Waals surface area contributed by atoms with Crippen LogP contribution in [0.1, 0.15) is 27.4 Å². The van der Waals surface area contributed by atoms with E-state index in [-0.39, 0.29) is 24.3 Å². The van der Waals surface area contributed by atoms with Crippen LogP contribution in [0.4, 0.5) is 0 Å². The van der Waals surface area contributed by atoms with Crippen LogP contribution in [0.2, 0.25) is 0 Å². The largest absolute Gasteiger partial charge is 0.384 e. The average molecular weight is 306 g/mol. The number of aliphatic hydroxyl groups is 1. The zero-order chi connectivity index (χ0) is 15.2. The Labute approximate surface area is 128 Å². The Morgan fingerprint density at radius 2 is 2.14 bits per heavy atom. The van der Waals surface area contributed by atoms with E-state index < -0.39 is 0 Å². The second-order valence-corrected chi connectivity index (χ2v) is 5.89. The van der Waals surface area contributed by atoms with Gasteiger partial charge in [0.05, 0.1) is 9.75 Å². The van der Waals surface area contributed by atoms with Gasteiger partial charge in [0.25, 0.3) is 5.91 Å². The highest BCUT2D eigenvalue weighted by atomic mass is 32.1. The minimum atomic E-state index is -0.186. The first kappa shape index (κ1) is 15.5. The molecular formula is C15H18N2O3S. The molecule has 0 unspecified atom stereocenters. The third kappa shape index (κ3) is 3.84. The van der Waals surface area contributed by atoms with Gasteiger partial charge in [0, 0.05) is 26.1 Å².